The largest absolute Gasteiger partial charge is 0.349 e. The maximum Gasteiger partial charge on any atom is 0.279 e. The number of H-pyrrole nitrogens is 12. The molecule has 19 aromatic heterocycles. The highest BCUT2D eigenvalue weighted by Crippen LogP contribution is 2.37. The van der Waals surface area contributed by atoms with Crippen LogP contribution in [0.25, 0.3) is 133 Å². The minimum absolute atomic E-state index is 0.0151. The van der Waals surface area contributed by atoms with E-state index in [4.69, 9.17) is 0 Å². The van der Waals surface area contributed by atoms with Gasteiger partial charge in [-0.25, -0.2) is 34.6 Å². The molecule has 2 aromatic carbocycles. The number of likely N-dealkylation sites (tertiary alicyclic amines) is 2. The van der Waals surface area contributed by atoms with Gasteiger partial charge in [-0.2, -0.15) is 35.7 Å². The molecule has 1 saturated carbocycles. The summed E-state index contributed by atoms with van der Waals surface area (Å²) in [4.78, 5) is 128. The summed E-state index contributed by atoms with van der Waals surface area (Å²) in [6, 6.07) is 29.7. The first kappa shape index (κ1) is 85.8. The van der Waals surface area contributed by atoms with Crippen molar-refractivity contribution in [1.29, 1.82) is 0 Å². The molecule has 1 aliphatic carbocycles. The number of anilines is 1. The summed E-state index contributed by atoms with van der Waals surface area (Å²) in [5.41, 5.74) is 24.6. The summed E-state index contributed by atoms with van der Waals surface area (Å²) in [7, 11) is 0. The maximum absolute atomic E-state index is 13.0. The number of pyridine rings is 6. The molecule has 37 heteroatoms. The summed E-state index contributed by atoms with van der Waals surface area (Å²) in [5.74, 6) is -0.107. The number of nitrogens with zero attached hydrogens (tertiary/aromatic N) is 18. The average molecular weight is 1820 g/mol. The van der Waals surface area contributed by atoms with E-state index in [1.807, 2.05) is 148 Å². The molecule has 4 aliphatic heterocycles. The van der Waals surface area contributed by atoms with Crippen LogP contribution >= 0.6 is 0 Å². The highest BCUT2D eigenvalue weighted by Gasteiger charge is 2.30. The van der Waals surface area contributed by atoms with Crippen LogP contribution in [-0.4, -0.2) is 226 Å². The van der Waals surface area contributed by atoms with Gasteiger partial charge in [0.1, 0.15) is 33.9 Å². The number of benzene rings is 2. The van der Waals surface area contributed by atoms with Crippen molar-refractivity contribution in [2.75, 3.05) is 44.2 Å². The number of carbonyl (C=O) groups excluding carboxylic acids is 6. The van der Waals surface area contributed by atoms with Crippen molar-refractivity contribution in [3.8, 4) is 66.8 Å². The van der Waals surface area contributed by atoms with Crippen LogP contribution < -0.4 is 10.2 Å². The fourth-order valence-corrected chi connectivity index (χ4v) is 18.1. The first-order valence-electron chi connectivity index (χ1n) is 45.4. The van der Waals surface area contributed by atoms with Crippen molar-refractivity contribution >= 4 is 107 Å². The minimum atomic E-state index is -0.214. The maximum atomic E-state index is 13.0. The van der Waals surface area contributed by atoms with Gasteiger partial charge in [0.15, 0.2) is 0 Å². The van der Waals surface area contributed by atoms with E-state index in [0.29, 0.717) is 52.5 Å². The summed E-state index contributed by atoms with van der Waals surface area (Å²) in [6.07, 6.45) is 57.8. The highest BCUT2D eigenvalue weighted by molar-refractivity contribution is 6.11. The average Bonchev–Trinajstić information content (AvgIpc) is 1.26. The first-order valence-corrected chi connectivity index (χ1v) is 45.4. The Labute approximate surface area is 779 Å². The lowest BCUT2D eigenvalue weighted by atomic mass is 9.95. The second-order valence-electron chi connectivity index (χ2n) is 34.0. The van der Waals surface area contributed by atoms with Gasteiger partial charge in [-0.15, -0.1) is 0 Å². The molecule has 3 fully saturated rings. The Morgan fingerprint density at radius 3 is 1.01 bits per heavy atom. The van der Waals surface area contributed by atoms with Gasteiger partial charge in [-0.3, -0.25) is 59.4 Å². The monoisotopic (exact) mass is 1820 g/mol. The quantitative estimate of drug-likeness (QED) is 0.0510. The van der Waals surface area contributed by atoms with Gasteiger partial charge in [0.2, 0.25) is 0 Å². The van der Waals surface area contributed by atoms with Crippen molar-refractivity contribution in [2.45, 2.75) is 83.2 Å². The van der Waals surface area contributed by atoms with E-state index in [-0.39, 0.29) is 35.4 Å². The molecular weight excluding hydrogens is 1730 g/mol. The number of aromatic amines is 12. The van der Waals surface area contributed by atoms with Crippen LogP contribution in [0.1, 0.15) is 137 Å². The van der Waals surface area contributed by atoms with E-state index in [9.17, 15) is 28.8 Å². The molecule has 682 valence electrons. The second kappa shape index (κ2) is 38.5. The Hall–Kier alpha value is -17.9. The van der Waals surface area contributed by atoms with E-state index in [0.717, 1.165) is 216 Å². The van der Waals surface area contributed by atoms with E-state index in [1.165, 1.54) is 47.1 Å². The number of carbonyl (C=O) groups is 6. The molecule has 0 spiro atoms. The van der Waals surface area contributed by atoms with Crippen LogP contribution in [0.5, 0.6) is 0 Å². The van der Waals surface area contributed by atoms with Crippen LogP contribution in [0, 0.1) is 0 Å². The van der Waals surface area contributed by atoms with Gasteiger partial charge in [0, 0.05) is 281 Å². The number of hydrogen-bond acceptors (Lipinski definition) is 19. The van der Waals surface area contributed by atoms with Crippen molar-refractivity contribution in [1.82, 2.24) is 151 Å². The predicted molar refractivity (Wildman–Crippen MR) is 515 cm³/mol. The molecule has 137 heavy (non-hydrogen) atoms. The lowest BCUT2D eigenvalue weighted by Gasteiger charge is -2.30. The van der Waals surface area contributed by atoms with E-state index in [2.05, 4.69) is 156 Å². The van der Waals surface area contributed by atoms with Crippen LogP contribution in [0.15, 0.2) is 252 Å². The Bertz CT molecular complexity index is 7840. The van der Waals surface area contributed by atoms with Gasteiger partial charge in [0.25, 0.3) is 35.4 Å². The third-order valence-corrected chi connectivity index (χ3v) is 25.5. The van der Waals surface area contributed by atoms with Crippen LogP contribution in [0.4, 0.5) is 5.69 Å². The van der Waals surface area contributed by atoms with Gasteiger partial charge in [-0.1, -0.05) is 61.7 Å². The van der Waals surface area contributed by atoms with Crippen LogP contribution in [0.2, 0.25) is 0 Å². The summed E-state index contributed by atoms with van der Waals surface area (Å²) in [5, 5.41) is 53.3. The standard InChI is InChI=1S/C20H17N5O.C19H15N5O.C17H19N5O.C16H17N5O.C14H10N6O.C14H13N5O/c26-20(25-6-5-13-3-1-2-4-14(13)12-25)15-7-17-18(16-9-23-24-10-16)11-22-19(17)21-8-15;25-19(24-6-5-12-3-1-2-4-17(12)24)13-7-15-16(14-9-22-23-10-14)11-21-18(15)20-8-13;23-17(22-13-4-2-1-3-5-13)11-6-14-15(12-8-20-21-9-12)10-19-16(14)18-7-11;22-16(21-4-2-1-3-5-21)11-6-13-14(12-8-19-20-9-12)10-18-15(13)17-7-11;21-14(20-3-1-2-19-20)9-4-11-12(10-6-17-18-7-10)8-16-13(11)15-5-9;20-14(19-2-1-3-19)9-4-11-12(10-6-17-18-7-10)8-16-13(11)15-5-9/h1-4,7-11H,5-6,12H2,(H,21,22)(H,23,24);1-4,7-11H,5-6H2,(H,20,21)(H,22,23);6-10,13H,1-5H2,(H,18,19)(H,20,21)(H,22,23);6-10H,1-5H2,(H,17,18)(H,19,20);1-8H,(H,15,16)(H,17,18);4-8H,1-3H2,(H,15,16)(H,17,18). The van der Waals surface area contributed by atoms with Crippen LogP contribution in [-0.2, 0) is 19.4 Å². The smallest absolute Gasteiger partial charge is 0.279 e. The third-order valence-electron chi connectivity index (χ3n) is 25.5. The summed E-state index contributed by atoms with van der Waals surface area (Å²) >= 11 is 0. The molecule has 0 bridgehead atoms. The van der Waals surface area contributed by atoms with E-state index < -0.39 is 0 Å². The zero-order chi connectivity index (χ0) is 92.7. The van der Waals surface area contributed by atoms with Crippen LogP contribution in [0.3, 0.4) is 0 Å². The minimum Gasteiger partial charge on any atom is -0.349 e. The van der Waals surface area contributed by atoms with Crippen molar-refractivity contribution in [3.63, 3.8) is 0 Å². The normalized spacial score (nSPS) is 14.0. The second-order valence-corrected chi connectivity index (χ2v) is 34.0. The van der Waals surface area contributed by atoms with E-state index >= 15 is 0 Å². The molecule has 0 radical (unpaired) electrons. The Morgan fingerprint density at radius 2 is 0.642 bits per heavy atom. The third kappa shape index (κ3) is 18.0. The topological polar surface area (TPSA) is 489 Å². The number of nitrogens with one attached hydrogen (secondary N) is 13. The number of hydrogen-bond donors (Lipinski definition) is 13. The molecule has 23 heterocycles. The number of amides is 5. The molecule has 5 aliphatic rings. The number of piperidine rings is 1. The highest BCUT2D eigenvalue weighted by atomic mass is 16.2. The first-order chi connectivity index (χ1) is 67.4. The Balaban J connectivity index is 0.0000000983. The van der Waals surface area contributed by atoms with E-state index in [1.54, 1.807) is 99.0 Å². The Kier molecular flexibility index (Phi) is 24.1. The number of rotatable bonds is 13. The number of para-hydroxylation sites is 1. The zero-order valence-corrected chi connectivity index (χ0v) is 74.0. The molecule has 2 saturated heterocycles. The van der Waals surface area contributed by atoms with Gasteiger partial charge in [-0.05, 0) is 117 Å². The molecule has 13 N–H and O–H groups in total. The molecular formula is C100H91N31O6. The number of fused-ring (bicyclic) bond motifs is 8. The molecule has 26 rings (SSSR count). The molecule has 21 aromatic rings. The molecule has 0 atom stereocenters. The van der Waals surface area contributed by atoms with Crippen molar-refractivity contribution in [2.24, 2.45) is 0 Å². The lowest BCUT2D eigenvalue weighted by molar-refractivity contribution is 0.0650. The Morgan fingerprint density at radius 1 is 0.307 bits per heavy atom. The van der Waals surface area contributed by atoms with Gasteiger partial charge in [0.05, 0.1) is 70.6 Å². The van der Waals surface area contributed by atoms with Crippen molar-refractivity contribution < 1.29 is 28.8 Å². The number of aromatic nitrogens is 26. The predicted octanol–water partition coefficient (Wildman–Crippen LogP) is 15.5. The lowest BCUT2D eigenvalue weighted by Crippen LogP contribution is -2.42. The van der Waals surface area contributed by atoms with Crippen molar-refractivity contribution in [3.05, 3.63) is 302 Å². The molecule has 37 nitrogen and oxygen atoms in total. The van der Waals surface area contributed by atoms with Gasteiger partial charge < -0.3 is 54.8 Å². The summed E-state index contributed by atoms with van der Waals surface area (Å²) < 4.78 is 1.28. The summed E-state index contributed by atoms with van der Waals surface area (Å²) in [6.45, 7) is 5.47. The SMILES string of the molecule is O=C(NC1CCCCC1)c1cnc2[nH]cc(-c3cn[nH]c3)c2c1.O=C(c1cnc2[nH]cc(-c3cn[nH]c3)c2c1)N1CCC1.O=C(c1cnc2[nH]cc(-c3cn[nH]c3)c2c1)N1CCCCC1.O=C(c1cnc2[nH]cc(-c3cn[nH]c3)c2c1)N1CCc2ccccc21.O=C(c1cnc2[nH]cc(-c3cn[nH]c3)c2c1)N1CCc2ccccc2C1.O=C(c1cnc2[nH]cc(-c3cn[nH]c3)c2c1)n1cccn1. The van der Waals surface area contributed by atoms with Gasteiger partial charge >= 0.3 is 0 Å². The molecule has 0 unspecified atom stereocenters. The fourth-order valence-electron chi connectivity index (χ4n) is 18.1. The molecule has 5 amide bonds. The zero-order valence-electron chi connectivity index (χ0n) is 74.0. The fraction of sp³-hybridized carbons (Fsp3) is 0.190.